The Morgan fingerprint density at radius 3 is 2.79 bits per heavy atom. The molecule has 1 N–H and O–H groups in total. The van der Waals surface area contributed by atoms with Gasteiger partial charge in [-0.3, -0.25) is 9.48 Å². The Morgan fingerprint density at radius 2 is 2.14 bits per heavy atom. The van der Waals surface area contributed by atoms with Crippen LogP contribution in [0.25, 0.3) is 0 Å². The van der Waals surface area contributed by atoms with Crippen molar-refractivity contribution < 1.29 is 9.21 Å². The monoisotopic (exact) mass is 384 g/mol. The molecule has 1 atom stereocenters. The molecule has 2 aromatic heterocycles. The lowest BCUT2D eigenvalue weighted by atomic mass is 9.94. The number of likely N-dealkylation sites (tertiary alicyclic amines) is 1. The molecule has 0 saturated carbocycles. The number of carbonyl (C=O) groups is 1. The Kier molecular flexibility index (Phi) is 5.62. The summed E-state index contributed by atoms with van der Waals surface area (Å²) in [5.41, 5.74) is 0.419. The second-order valence-corrected chi connectivity index (χ2v) is 8.00. The van der Waals surface area contributed by atoms with Gasteiger partial charge in [0.05, 0.1) is 0 Å². The van der Waals surface area contributed by atoms with Crippen LogP contribution in [0.15, 0.2) is 33.7 Å². The van der Waals surface area contributed by atoms with Gasteiger partial charge >= 0.3 is 5.63 Å². The van der Waals surface area contributed by atoms with Crippen LogP contribution in [-0.4, -0.2) is 46.8 Å². The molecular formula is C21H28N4O3. The van der Waals surface area contributed by atoms with Gasteiger partial charge in [0, 0.05) is 44.5 Å². The van der Waals surface area contributed by atoms with E-state index in [0.29, 0.717) is 24.8 Å². The fraction of sp³-hybridized carbons (Fsp3) is 0.571. The average Bonchev–Trinajstić information content (AvgIpc) is 3.21. The van der Waals surface area contributed by atoms with Gasteiger partial charge in [-0.25, -0.2) is 4.79 Å². The molecule has 0 aromatic carbocycles. The Morgan fingerprint density at radius 1 is 1.32 bits per heavy atom. The zero-order valence-corrected chi connectivity index (χ0v) is 16.4. The standard InChI is InChI=1S/C21H28N4O3/c1-15-12-18(17-4-2-7-22-13-17)28-21(27)19(15)20(26)24-10-5-16(6-11-24)14-25-9-3-8-23-25/h3,8-9,12,16-17,22H,2,4-7,10-11,13-14H2,1H3. The van der Waals surface area contributed by atoms with E-state index in [-0.39, 0.29) is 17.4 Å². The van der Waals surface area contributed by atoms with Gasteiger partial charge in [0.2, 0.25) is 0 Å². The average molecular weight is 384 g/mol. The van der Waals surface area contributed by atoms with Crippen LogP contribution in [0.3, 0.4) is 0 Å². The summed E-state index contributed by atoms with van der Waals surface area (Å²) in [5, 5.41) is 7.60. The lowest BCUT2D eigenvalue weighted by Crippen LogP contribution is -2.41. The first-order valence-electron chi connectivity index (χ1n) is 10.2. The maximum Gasteiger partial charge on any atom is 0.349 e. The van der Waals surface area contributed by atoms with E-state index >= 15 is 0 Å². The van der Waals surface area contributed by atoms with Crippen LogP contribution < -0.4 is 10.9 Å². The molecule has 150 valence electrons. The minimum atomic E-state index is -0.496. The van der Waals surface area contributed by atoms with E-state index in [1.54, 1.807) is 11.1 Å². The van der Waals surface area contributed by atoms with Crippen molar-refractivity contribution in [3.05, 3.63) is 51.8 Å². The maximum atomic E-state index is 13.0. The number of aromatic nitrogens is 2. The molecule has 0 bridgehead atoms. The van der Waals surface area contributed by atoms with Crippen molar-refractivity contribution in [1.29, 1.82) is 0 Å². The Labute approximate surface area is 164 Å². The molecule has 0 spiro atoms. The molecular weight excluding hydrogens is 356 g/mol. The molecule has 28 heavy (non-hydrogen) atoms. The van der Waals surface area contributed by atoms with Crippen LogP contribution in [0.4, 0.5) is 0 Å². The first kappa shape index (κ1) is 18.9. The first-order chi connectivity index (χ1) is 13.6. The molecule has 2 saturated heterocycles. The van der Waals surface area contributed by atoms with Crippen LogP contribution in [0.2, 0.25) is 0 Å². The first-order valence-corrected chi connectivity index (χ1v) is 10.2. The lowest BCUT2D eigenvalue weighted by Gasteiger charge is -2.32. The SMILES string of the molecule is Cc1cc(C2CCCNC2)oc(=O)c1C(=O)N1CCC(Cn2cccn2)CC1. The van der Waals surface area contributed by atoms with Crippen LogP contribution in [0.1, 0.15) is 53.3 Å². The molecule has 2 aliphatic rings. The number of nitrogens with zero attached hydrogens (tertiary/aromatic N) is 3. The van der Waals surface area contributed by atoms with Gasteiger partial charge in [-0.05, 0) is 62.8 Å². The highest BCUT2D eigenvalue weighted by Gasteiger charge is 2.28. The predicted octanol–water partition coefficient (Wildman–Crippen LogP) is 2.16. The molecule has 2 aliphatic heterocycles. The van der Waals surface area contributed by atoms with E-state index in [0.717, 1.165) is 50.9 Å². The van der Waals surface area contributed by atoms with Crippen molar-refractivity contribution in [1.82, 2.24) is 20.0 Å². The minimum absolute atomic E-state index is 0.193. The van der Waals surface area contributed by atoms with Crippen LogP contribution in [0.5, 0.6) is 0 Å². The highest BCUT2D eigenvalue weighted by Crippen LogP contribution is 2.25. The highest BCUT2D eigenvalue weighted by molar-refractivity contribution is 5.95. The number of amides is 1. The van der Waals surface area contributed by atoms with Gasteiger partial charge in [0.1, 0.15) is 11.3 Å². The van der Waals surface area contributed by atoms with Crippen molar-refractivity contribution in [2.75, 3.05) is 26.2 Å². The number of piperidine rings is 2. The summed E-state index contributed by atoms with van der Waals surface area (Å²) in [4.78, 5) is 27.4. The fourth-order valence-corrected chi connectivity index (χ4v) is 4.34. The number of carbonyl (C=O) groups excluding carboxylic acids is 1. The van der Waals surface area contributed by atoms with Gasteiger partial charge in [-0.15, -0.1) is 0 Å². The van der Waals surface area contributed by atoms with Crippen LogP contribution >= 0.6 is 0 Å². The molecule has 1 amide bonds. The molecule has 2 fully saturated rings. The molecule has 0 aliphatic carbocycles. The van der Waals surface area contributed by atoms with E-state index in [4.69, 9.17) is 4.42 Å². The maximum absolute atomic E-state index is 13.0. The molecule has 7 nitrogen and oxygen atoms in total. The third-order valence-corrected chi connectivity index (χ3v) is 5.99. The Bertz CT molecular complexity index is 860. The summed E-state index contributed by atoms with van der Waals surface area (Å²) in [7, 11) is 0. The number of rotatable bonds is 4. The van der Waals surface area contributed by atoms with Crippen LogP contribution in [0, 0.1) is 12.8 Å². The molecule has 4 heterocycles. The number of aryl methyl sites for hydroxylation is 1. The number of nitrogens with one attached hydrogen (secondary N) is 1. The molecule has 4 rings (SSSR count). The van der Waals surface area contributed by atoms with Gasteiger partial charge in [0.15, 0.2) is 0 Å². The molecule has 1 unspecified atom stereocenters. The lowest BCUT2D eigenvalue weighted by molar-refractivity contribution is 0.0675. The summed E-state index contributed by atoms with van der Waals surface area (Å²) >= 11 is 0. The van der Waals surface area contributed by atoms with Gasteiger partial charge in [-0.1, -0.05) is 0 Å². The van der Waals surface area contributed by atoms with E-state index in [9.17, 15) is 9.59 Å². The summed E-state index contributed by atoms with van der Waals surface area (Å²) in [6.07, 6.45) is 7.67. The topological polar surface area (TPSA) is 80.4 Å². The van der Waals surface area contributed by atoms with E-state index < -0.39 is 5.63 Å². The van der Waals surface area contributed by atoms with Gasteiger partial charge < -0.3 is 14.6 Å². The summed E-state index contributed by atoms with van der Waals surface area (Å²) in [5.74, 6) is 1.21. The van der Waals surface area contributed by atoms with Crippen molar-refractivity contribution in [2.45, 2.75) is 45.1 Å². The Hall–Kier alpha value is -2.41. The zero-order valence-electron chi connectivity index (χ0n) is 16.4. The number of hydrogen-bond acceptors (Lipinski definition) is 5. The van der Waals surface area contributed by atoms with Crippen molar-refractivity contribution in [2.24, 2.45) is 5.92 Å². The molecule has 7 heteroatoms. The Balaban J connectivity index is 1.42. The van der Waals surface area contributed by atoms with Crippen molar-refractivity contribution in [3.8, 4) is 0 Å². The third kappa shape index (κ3) is 4.04. The number of hydrogen-bond donors (Lipinski definition) is 1. The van der Waals surface area contributed by atoms with Crippen molar-refractivity contribution in [3.63, 3.8) is 0 Å². The molecule has 0 radical (unpaired) electrons. The quantitative estimate of drug-likeness (QED) is 0.874. The predicted molar refractivity (Wildman–Crippen MR) is 105 cm³/mol. The highest BCUT2D eigenvalue weighted by atomic mass is 16.4. The van der Waals surface area contributed by atoms with Gasteiger partial charge in [0.25, 0.3) is 5.91 Å². The van der Waals surface area contributed by atoms with Crippen molar-refractivity contribution >= 4 is 5.91 Å². The second-order valence-electron chi connectivity index (χ2n) is 8.00. The normalized spacial score (nSPS) is 21.0. The van der Waals surface area contributed by atoms with Gasteiger partial charge in [-0.2, -0.15) is 5.10 Å². The third-order valence-electron chi connectivity index (χ3n) is 5.99. The van der Waals surface area contributed by atoms with E-state index in [1.165, 1.54) is 0 Å². The second kappa shape index (κ2) is 8.31. The largest absolute Gasteiger partial charge is 0.427 e. The molecule has 2 aromatic rings. The van der Waals surface area contributed by atoms with E-state index in [1.807, 2.05) is 29.9 Å². The summed E-state index contributed by atoms with van der Waals surface area (Å²) in [6, 6.07) is 3.81. The zero-order chi connectivity index (χ0) is 19.5. The smallest absolute Gasteiger partial charge is 0.349 e. The summed E-state index contributed by atoms with van der Waals surface area (Å²) < 4.78 is 7.52. The van der Waals surface area contributed by atoms with E-state index in [2.05, 4.69) is 10.4 Å². The minimum Gasteiger partial charge on any atom is -0.427 e. The summed E-state index contributed by atoms with van der Waals surface area (Å²) in [6.45, 7) is 5.87. The van der Waals surface area contributed by atoms with Crippen LogP contribution in [-0.2, 0) is 6.54 Å². The fourth-order valence-electron chi connectivity index (χ4n) is 4.34.